The van der Waals surface area contributed by atoms with E-state index in [-0.39, 0.29) is 37.2 Å². The minimum Gasteiger partial charge on any atom is -0.456 e. The standard InChI is InChI=1S/C54H34N2O.U/c1-5-22-49-43(18-1)44-19-2-6-23-50(44)55(49)41-17-11-16-39(32-41)37-14-9-12-35(30-37)36-13-10-15-38(31-36)40-26-28-53-47(33-40)48-34-42(27-29-54(48)57-53)56-51-24-7-3-20-45(51)46-21-4-8-25-52(46)56;/h1-13,15,17-33,42H,34H2;/q-2;+2. The second kappa shape index (κ2) is 14.0. The van der Waals surface area contributed by atoms with Gasteiger partial charge in [0.05, 0.1) is 17.1 Å². The molecule has 8 aromatic carbocycles. The van der Waals surface area contributed by atoms with Gasteiger partial charge in [-0.1, -0.05) is 103 Å². The molecule has 0 N–H and O–H groups in total. The fraction of sp³-hybridized carbons (Fsp3) is 0.0370. The maximum atomic E-state index is 6.44. The van der Waals surface area contributed by atoms with Crippen LogP contribution in [0.3, 0.4) is 0 Å². The van der Waals surface area contributed by atoms with Crippen LogP contribution in [0.4, 0.5) is 0 Å². The first-order valence-corrected chi connectivity index (χ1v) is 19.6. The zero-order chi connectivity index (χ0) is 37.5. The minimum atomic E-state index is 0. The van der Waals surface area contributed by atoms with Crippen molar-refractivity contribution in [1.29, 1.82) is 0 Å². The largest absolute Gasteiger partial charge is 2.00 e. The van der Waals surface area contributed by atoms with Crippen molar-refractivity contribution in [2.75, 3.05) is 0 Å². The first kappa shape index (κ1) is 34.9. The maximum Gasteiger partial charge on any atom is 2.00 e. The molecule has 12 rings (SSSR count). The van der Waals surface area contributed by atoms with Gasteiger partial charge in [0, 0.05) is 49.9 Å². The summed E-state index contributed by atoms with van der Waals surface area (Å²) in [5, 5.41) is 6.27. The van der Waals surface area contributed by atoms with Crippen LogP contribution in [0.2, 0.25) is 0 Å². The minimum absolute atomic E-state index is 0. The average Bonchev–Trinajstić information content (AvgIpc) is 3.94. The van der Waals surface area contributed by atoms with Crippen LogP contribution in [0.5, 0.6) is 0 Å². The van der Waals surface area contributed by atoms with Gasteiger partial charge < -0.3 is 13.6 Å². The van der Waals surface area contributed by atoms with E-state index in [1.807, 2.05) is 12.1 Å². The molecule has 270 valence electrons. The smallest absolute Gasteiger partial charge is 0.456 e. The third-order valence-electron chi connectivity index (χ3n) is 11.9. The molecule has 58 heavy (non-hydrogen) atoms. The van der Waals surface area contributed by atoms with E-state index in [0.717, 1.165) is 45.7 Å². The van der Waals surface area contributed by atoms with Gasteiger partial charge in [-0.15, -0.1) is 17.7 Å². The number of furan rings is 1. The number of nitrogens with zero attached hydrogens (tertiary/aromatic N) is 2. The Balaban J connectivity index is 0.00000385. The molecule has 0 radical (unpaired) electrons. The van der Waals surface area contributed by atoms with E-state index in [1.54, 1.807) is 0 Å². The van der Waals surface area contributed by atoms with E-state index in [4.69, 9.17) is 4.42 Å². The van der Waals surface area contributed by atoms with Gasteiger partial charge in [-0.3, -0.25) is 0 Å². The van der Waals surface area contributed by atoms with Gasteiger partial charge in [0.2, 0.25) is 0 Å². The van der Waals surface area contributed by atoms with Crippen molar-refractivity contribution in [3.8, 4) is 39.1 Å². The number of fused-ring (bicyclic) bond motifs is 9. The van der Waals surface area contributed by atoms with Gasteiger partial charge in [0.1, 0.15) is 11.3 Å². The van der Waals surface area contributed by atoms with E-state index in [1.165, 1.54) is 65.7 Å². The van der Waals surface area contributed by atoms with Crippen molar-refractivity contribution in [2.45, 2.75) is 12.5 Å². The fourth-order valence-corrected chi connectivity index (χ4v) is 9.29. The molecule has 0 aliphatic heterocycles. The molecule has 11 aromatic rings. The fourth-order valence-electron chi connectivity index (χ4n) is 9.29. The second-order valence-electron chi connectivity index (χ2n) is 15.1. The van der Waals surface area contributed by atoms with E-state index in [9.17, 15) is 0 Å². The first-order valence-electron chi connectivity index (χ1n) is 19.6. The van der Waals surface area contributed by atoms with Crippen LogP contribution in [0, 0.1) is 43.2 Å². The van der Waals surface area contributed by atoms with Crippen LogP contribution >= 0.6 is 0 Å². The van der Waals surface area contributed by atoms with Crippen molar-refractivity contribution < 1.29 is 35.5 Å². The Morgan fingerprint density at radius 3 is 1.71 bits per heavy atom. The van der Waals surface area contributed by atoms with Gasteiger partial charge in [-0.25, -0.2) is 11.1 Å². The maximum absolute atomic E-state index is 6.44. The SMILES string of the molecule is [U+2].[c-]1ccc(-c2cccc(-c3ccc4oc5c(c4c3)CC(n3c4ccccc4c4ccccc43)C=C5)c2)cc1-c1[c-]ccc(-n2c3ccccc3c3ccccc32)c1. The zero-order valence-corrected chi connectivity index (χ0v) is 35.6. The Labute approximate surface area is 359 Å². The number of allylic oxidation sites excluding steroid dienone is 1. The van der Waals surface area contributed by atoms with Gasteiger partial charge in [-0.05, 0) is 70.9 Å². The van der Waals surface area contributed by atoms with Crippen molar-refractivity contribution in [3.05, 3.63) is 205 Å². The third-order valence-corrected chi connectivity index (χ3v) is 11.9. The Bertz CT molecular complexity index is 3310. The molecule has 0 saturated heterocycles. The van der Waals surface area contributed by atoms with Crippen LogP contribution in [-0.2, 0) is 6.42 Å². The molecule has 3 aromatic heterocycles. The molecule has 1 unspecified atom stereocenters. The Kier molecular flexibility index (Phi) is 8.40. The van der Waals surface area contributed by atoms with Crippen molar-refractivity contribution in [2.24, 2.45) is 0 Å². The van der Waals surface area contributed by atoms with Crippen LogP contribution in [0.1, 0.15) is 17.4 Å². The summed E-state index contributed by atoms with van der Waals surface area (Å²) in [7, 11) is 0. The van der Waals surface area contributed by atoms with Crippen LogP contribution in [-0.4, -0.2) is 9.13 Å². The van der Waals surface area contributed by atoms with E-state index in [0.29, 0.717) is 0 Å². The Hall–Kier alpha value is -6.31. The van der Waals surface area contributed by atoms with Crippen LogP contribution in [0.15, 0.2) is 186 Å². The van der Waals surface area contributed by atoms with Crippen LogP contribution < -0.4 is 0 Å². The topological polar surface area (TPSA) is 23.0 Å². The second-order valence-corrected chi connectivity index (χ2v) is 15.1. The summed E-state index contributed by atoms with van der Waals surface area (Å²) >= 11 is 0. The predicted molar refractivity (Wildman–Crippen MR) is 236 cm³/mol. The van der Waals surface area contributed by atoms with Crippen molar-refractivity contribution in [1.82, 2.24) is 9.13 Å². The molecule has 1 atom stereocenters. The first-order chi connectivity index (χ1) is 28.2. The van der Waals surface area contributed by atoms with Gasteiger partial charge in [0.25, 0.3) is 0 Å². The normalized spacial score (nSPS) is 13.8. The molecule has 0 spiro atoms. The number of benzene rings is 8. The van der Waals surface area contributed by atoms with E-state index >= 15 is 0 Å². The summed E-state index contributed by atoms with van der Waals surface area (Å²) in [6, 6.07) is 70.3. The average molecular weight is 965 g/mol. The molecule has 3 heterocycles. The molecular weight excluding hydrogens is 931 g/mol. The molecule has 3 nitrogen and oxygen atoms in total. The molecular formula is C54H34N2OU. The molecule has 4 heteroatoms. The van der Waals surface area contributed by atoms with Crippen molar-refractivity contribution in [3.63, 3.8) is 0 Å². The summed E-state index contributed by atoms with van der Waals surface area (Å²) in [4.78, 5) is 0. The molecule has 0 fully saturated rings. The Morgan fingerprint density at radius 2 is 1.03 bits per heavy atom. The summed E-state index contributed by atoms with van der Waals surface area (Å²) < 4.78 is 11.3. The quantitative estimate of drug-likeness (QED) is 0.158. The number of aromatic nitrogens is 2. The number of para-hydroxylation sites is 4. The number of hydrogen-bond donors (Lipinski definition) is 0. The van der Waals surface area contributed by atoms with E-state index < -0.39 is 0 Å². The summed E-state index contributed by atoms with van der Waals surface area (Å²) in [5.74, 6) is 0.958. The monoisotopic (exact) mass is 964 g/mol. The zero-order valence-electron chi connectivity index (χ0n) is 31.5. The van der Waals surface area contributed by atoms with E-state index in [2.05, 4.69) is 197 Å². The third kappa shape index (κ3) is 5.55. The predicted octanol–water partition coefficient (Wildman–Crippen LogP) is 14.0. The number of rotatable bonds is 5. The molecule has 0 bridgehead atoms. The summed E-state index contributed by atoms with van der Waals surface area (Å²) in [6.07, 6.45) is 5.34. The van der Waals surface area contributed by atoms with Crippen LogP contribution in [0.25, 0.3) is 99.7 Å². The summed E-state index contributed by atoms with van der Waals surface area (Å²) in [5.41, 5.74) is 14.9. The Morgan fingerprint density at radius 1 is 0.483 bits per heavy atom. The van der Waals surface area contributed by atoms with Gasteiger partial charge >= 0.3 is 31.1 Å². The van der Waals surface area contributed by atoms with Gasteiger partial charge in [-0.2, -0.15) is 36.4 Å². The number of hydrogen-bond acceptors (Lipinski definition) is 1. The van der Waals surface area contributed by atoms with Gasteiger partial charge in [0.15, 0.2) is 0 Å². The molecule has 0 amide bonds. The molecule has 1 aliphatic rings. The molecule has 1 aliphatic carbocycles. The summed E-state index contributed by atoms with van der Waals surface area (Å²) in [6.45, 7) is 0. The van der Waals surface area contributed by atoms with Crippen molar-refractivity contribution >= 4 is 60.7 Å². The molecule has 0 saturated carbocycles.